The molecule has 4 heteroatoms. The van der Waals surface area contributed by atoms with Gasteiger partial charge in [-0.05, 0) is 51.0 Å². The van der Waals surface area contributed by atoms with Gasteiger partial charge in [0, 0.05) is 36.3 Å². The molecular weight excluding hydrogens is 324 g/mol. The van der Waals surface area contributed by atoms with Gasteiger partial charge in [0.2, 0.25) is 0 Å². The van der Waals surface area contributed by atoms with Crippen LogP contribution in [0.4, 0.5) is 0 Å². The summed E-state index contributed by atoms with van der Waals surface area (Å²) in [6.45, 7) is 9.04. The van der Waals surface area contributed by atoms with Crippen LogP contribution < -0.4 is 0 Å². The molecule has 4 nitrogen and oxygen atoms in total. The predicted molar refractivity (Wildman–Crippen MR) is 103 cm³/mol. The fraction of sp³-hybridized carbons (Fsp3) is 0.364. The maximum Gasteiger partial charge on any atom is 0.254 e. The minimum absolute atomic E-state index is 0.0220. The minimum Gasteiger partial charge on any atom is -0.332 e. The lowest BCUT2D eigenvalue weighted by molar-refractivity contribution is 0.0269. The number of amides is 2. The van der Waals surface area contributed by atoms with E-state index in [2.05, 4.69) is 0 Å². The van der Waals surface area contributed by atoms with E-state index in [1.807, 2.05) is 86.0 Å². The smallest absolute Gasteiger partial charge is 0.254 e. The fourth-order valence-electron chi connectivity index (χ4n) is 3.63. The molecule has 0 N–H and O–H groups in total. The van der Waals surface area contributed by atoms with Gasteiger partial charge >= 0.3 is 0 Å². The third-order valence-corrected chi connectivity index (χ3v) is 5.26. The van der Waals surface area contributed by atoms with Crippen molar-refractivity contribution in [2.45, 2.75) is 39.8 Å². The van der Waals surface area contributed by atoms with Crippen LogP contribution in [-0.4, -0.2) is 46.8 Å². The Morgan fingerprint density at radius 3 is 1.42 bits per heavy atom. The molecule has 3 rings (SSSR count). The highest BCUT2D eigenvalue weighted by Gasteiger charge is 2.35. The molecule has 0 aromatic heterocycles. The van der Waals surface area contributed by atoms with Crippen molar-refractivity contribution in [3.8, 4) is 0 Å². The van der Waals surface area contributed by atoms with Crippen molar-refractivity contribution < 1.29 is 9.59 Å². The largest absolute Gasteiger partial charge is 0.332 e. The molecule has 1 fully saturated rings. The molecule has 0 saturated carbocycles. The maximum atomic E-state index is 13.0. The van der Waals surface area contributed by atoms with E-state index in [9.17, 15) is 9.59 Å². The van der Waals surface area contributed by atoms with Gasteiger partial charge in [-0.1, -0.05) is 36.4 Å². The van der Waals surface area contributed by atoms with E-state index < -0.39 is 0 Å². The van der Waals surface area contributed by atoms with Gasteiger partial charge in [-0.2, -0.15) is 0 Å². The molecule has 0 radical (unpaired) electrons. The third kappa shape index (κ3) is 3.36. The van der Waals surface area contributed by atoms with Gasteiger partial charge in [0.25, 0.3) is 11.8 Å². The quantitative estimate of drug-likeness (QED) is 0.829. The number of nitrogens with zero attached hydrogens (tertiary/aromatic N) is 2. The summed E-state index contributed by atoms with van der Waals surface area (Å²) in [5.74, 6) is 0.0934. The van der Waals surface area contributed by atoms with Crippen molar-refractivity contribution in [1.82, 2.24) is 9.80 Å². The fourth-order valence-corrected chi connectivity index (χ4v) is 3.63. The van der Waals surface area contributed by atoms with Crippen LogP contribution in [-0.2, 0) is 0 Å². The van der Waals surface area contributed by atoms with E-state index in [4.69, 9.17) is 0 Å². The molecule has 2 aromatic carbocycles. The van der Waals surface area contributed by atoms with E-state index in [0.717, 1.165) is 22.3 Å². The zero-order valence-corrected chi connectivity index (χ0v) is 15.9. The molecule has 2 atom stereocenters. The SMILES string of the molecule is Cc1ccccc1C(=O)N1CC(C)N(C(=O)c2ccccc2C)CC1C. The average molecular weight is 350 g/mol. The van der Waals surface area contributed by atoms with Crippen LogP contribution in [0.15, 0.2) is 48.5 Å². The number of carbonyl (C=O) groups excluding carboxylic acids is 2. The second-order valence-corrected chi connectivity index (χ2v) is 7.24. The van der Waals surface area contributed by atoms with Gasteiger partial charge in [-0.25, -0.2) is 0 Å². The van der Waals surface area contributed by atoms with Crippen LogP contribution in [0, 0.1) is 13.8 Å². The lowest BCUT2D eigenvalue weighted by Crippen LogP contribution is -2.59. The van der Waals surface area contributed by atoms with Crippen molar-refractivity contribution in [2.75, 3.05) is 13.1 Å². The van der Waals surface area contributed by atoms with Gasteiger partial charge < -0.3 is 9.80 Å². The zero-order chi connectivity index (χ0) is 18.8. The van der Waals surface area contributed by atoms with Crippen LogP contribution in [0.2, 0.25) is 0 Å². The third-order valence-electron chi connectivity index (χ3n) is 5.26. The van der Waals surface area contributed by atoms with Gasteiger partial charge in [-0.15, -0.1) is 0 Å². The van der Waals surface area contributed by atoms with E-state index in [1.54, 1.807) is 0 Å². The summed E-state index contributed by atoms with van der Waals surface area (Å²) >= 11 is 0. The molecule has 26 heavy (non-hydrogen) atoms. The van der Waals surface area contributed by atoms with Crippen molar-refractivity contribution in [2.24, 2.45) is 0 Å². The van der Waals surface area contributed by atoms with Crippen molar-refractivity contribution >= 4 is 11.8 Å². The van der Waals surface area contributed by atoms with Crippen molar-refractivity contribution in [3.05, 3.63) is 70.8 Å². The molecule has 2 amide bonds. The average Bonchev–Trinajstić information content (AvgIpc) is 2.63. The molecule has 0 spiro atoms. The first kappa shape index (κ1) is 18.2. The second-order valence-electron chi connectivity index (χ2n) is 7.24. The van der Waals surface area contributed by atoms with E-state index in [-0.39, 0.29) is 23.9 Å². The molecule has 2 unspecified atom stereocenters. The summed E-state index contributed by atoms with van der Waals surface area (Å²) in [4.78, 5) is 29.8. The number of hydrogen-bond acceptors (Lipinski definition) is 2. The molecule has 1 aliphatic rings. The Morgan fingerprint density at radius 2 is 1.08 bits per heavy atom. The summed E-state index contributed by atoms with van der Waals surface area (Å²) in [6.07, 6.45) is 0. The first-order valence-electron chi connectivity index (χ1n) is 9.13. The van der Waals surface area contributed by atoms with Crippen LogP contribution in [0.25, 0.3) is 0 Å². The highest BCUT2D eigenvalue weighted by molar-refractivity contribution is 5.97. The minimum atomic E-state index is -0.0220. The summed E-state index contributed by atoms with van der Waals surface area (Å²) < 4.78 is 0. The highest BCUT2D eigenvalue weighted by atomic mass is 16.2. The Balaban J connectivity index is 1.79. The Bertz CT molecular complexity index is 761. The molecule has 136 valence electrons. The number of aryl methyl sites for hydroxylation is 2. The van der Waals surface area contributed by atoms with Crippen LogP contribution in [0.1, 0.15) is 45.7 Å². The molecule has 0 bridgehead atoms. The van der Waals surface area contributed by atoms with E-state index in [1.165, 1.54) is 0 Å². The zero-order valence-electron chi connectivity index (χ0n) is 15.9. The first-order chi connectivity index (χ1) is 12.4. The van der Waals surface area contributed by atoms with E-state index >= 15 is 0 Å². The molecule has 0 aliphatic carbocycles. The number of rotatable bonds is 2. The number of hydrogen-bond donors (Lipinski definition) is 0. The Hall–Kier alpha value is -2.62. The summed E-state index contributed by atoms with van der Waals surface area (Å²) in [7, 11) is 0. The van der Waals surface area contributed by atoms with Gasteiger partial charge in [-0.3, -0.25) is 9.59 Å². The van der Waals surface area contributed by atoms with E-state index in [0.29, 0.717) is 13.1 Å². The predicted octanol–water partition coefficient (Wildman–Crippen LogP) is 3.68. The van der Waals surface area contributed by atoms with Gasteiger partial charge in [0.1, 0.15) is 0 Å². The number of carbonyl (C=O) groups is 2. The van der Waals surface area contributed by atoms with Crippen molar-refractivity contribution in [3.63, 3.8) is 0 Å². The van der Waals surface area contributed by atoms with Crippen LogP contribution in [0.5, 0.6) is 0 Å². The summed E-state index contributed by atoms with van der Waals surface area (Å²) in [5.41, 5.74) is 3.45. The number of benzene rings is 2. The molecule has 1 heterocycles. The molecular formula is C22H26N2O2. The Morgan fingerprint density at radius 1 is 0.731 bits per heavy atom. The maximum absolute atomic E-state index is 13.0. The number of piperazine rings is 1. The summed E-state index contributed by atoms with van der Waals surface area (Å²) in [5, 5.41) is 0. The normalized spacial score (nSPS) is 20.2. The van der Waals surface area contributed by atoms with Gasteiger partial charge in [0.15, 0.2) is 0 Å². The lowest BCUT2D eigenvalue weighted by Gasteiger charge is -2.44. The standard InChI is InChI=1S/C22H26N2O2/c1-15-9-5-7-11-19(15)21(25)23-13-18(4)24(14-17(23)3)22(26)20-12-8-6-10-16(20)2/h5-12,17-18H,13-14H2,1-4H3. The Labute approximate surface area is 155 Å². The highest BCUT2D eigenvalue weighted by Crippen LogP contribution is 2.22. The first-order valence-corrected chi connectivity index (χ1v) is 9.13. The van der Waals surface area contributed by atoms with Crippen molar-refractivity contribution in [1.29, 1.82) is 0 Å². The topological polar surface area (TPSA) is 40.6 Å². The lowest BCUT2D eigenvalue weighted by atomic mass is 10.0. The second kappa shape index (κ2) is 7.32. The molecule has 2 aromatic rings. The Kier molecular flexibility index (Phi) is 5.12. The molecule has 1 saturated heterocycles. The summed E-state index contributed by atoms with van der Waals surface area (Å²) in [6, 6.07) is 15.3. The molecule has 1 aliphatic heterocycles. The van der Waals surface area contributed by atoms with Gasteiger partial charge in [0.05, 0.1) is 0 Å². The van der Waals surface area contributed by atoms with Crippen LogP contribution >= 0.6 is 0 Å². The van der Waals surface area contributed by atoms with Crippen LogP contribution in [0.3, 0.4) is 0 Å². The monoisotopic (exact) mass is 350 g/mol.